The van der Waals surface area contributed by atoms with Crippen molar-refractivity contribution in [3.63, 3.8) is 0 Å². The lowest BCUT2D eigenvalue weighted by Gasteiger charge is -2.25. The Morgan fingerprint density at radius 1 is 1.03 bits per heavy atom. The average molecular weight is 413 g/mol. The molecule has 0 atom stereocenters. The fourth-order valence-corrected chi connectivity index (χ4v) is 3.60. The van der Waals surface area contributed by atoms with Crippen LogP contribution < -0.4 is 10.6 Å². The van der Waals surface area contributed by atoms with E-state index in [1.54, 1.807) is 18.3 Å². The third-order valence-electron chi connectivity index (χ3n) is 5.01. The van der Waals surface area contributed by atoms with E-state index in [-0.39, 0.29) is 0 Å². The van der Waals surface area contributed by atoms with Crippen molar-refractivity contribution >= 4 is 11.7 Å². The predicted molar refractivity (Wildman–Crippen MR) is 119 cm³/mol. The molecule has 0 radical (unpaired) electrons. The molecule has 0 unspecified atom stereocenters. The largest absolute Gasteiger partial charge is 0.365 e. The second-order valence-corrected chi connectivity index (χ2v) is 7.15. The van der Waals surface area contributed by atoms with E-state index in [1.165, 1.54) is 0 Å². The molecule has 2 heterocycles. The zero-order valence-electron chi connectivity index (χ0n) is 17.2. The quantitative estimate of drug-likeness (QED) is 0.457. The second-order valence-electron chi connectivity index (χ2n) is 7.15. The number of hydrogen-bond donors (Lipinski definition) is 2. The summed E-state index contributed by atoms with van der Waals surface area (Å²) in [5.74, 6) is 0.769. The highest BCUT2D eigenvalue weighted by atomic mass is 16.1. The van der Waals surface area contributed by atoms with Gasteiger partial charge in [-0.1, -0.05) is 55.5 Å². The number of anilines is 1. The summed E-state index contributed by atoms with van der Waals surface area (Å²) in [4.78, 5) is 18.4. The van der Waals surface area contributed by atoms with Gasteiger partial charge in [-0.05, 0) is 45.7 Å². The smallest absolute Gasteiger partial charge is 0.252 e. The normalized spacial score (nSPS) is 10.7. The number of carbonyl (C=O) groups excluding carboxylic acids is 1. The Labute approximate surface area is 180 Å². The number of nitrogens with two attached hydrogens (primary N) is 1. The molecule has 0 bridgehead atoms. The summed E-state index contributed by atoms with van der Waals surface area (Å²) in [5.41, 5.74) is 10.1. The first-order valence-corrected chi connectivity index (χ1v) is 10.1. The third kappa shape index (κ3) is 4.42. The van der Waals surface area contributed by atoms with Gasteiger partial charge < -0.3 is 10.6 Å². The number of primary amides is 1. The van der Waals surface area contributed by atoms with E-state index in [2.05, 4.69) is 61.7 Å². The van der Waals surface area contributed by atoms with Crippen LogP contribution in [0.2, 0.25) is 0 Å². The maximum absolute atomic E-state index is 11.9. The van der Waals surface area contributed by atoms with Gasteiger partial charge in [0.1, 0.15) is 5.82 Å². The Balaban J connectivity index is 1.61. The lowest BCUT2D eigenvalue weighted by atomic mass is 9.98. The fourth-order valence-electron chi connectivity index (χ4n) is 3.60. The summed E-state index contributed by atoms with van der Waals surface area (Å²) < 4.78 is 0. The highest BCUT2D eigenvalue weighted by Gasteiger charge is 2.16. The predicted octanol–water partition coefficient (Wildman–Crippen LogP) is 3.44. The zero-order valence-corrected chi connectivity index (χ0v) is 17.2. The molecule has 31 heavy (non-hydrogen) atoms. The maximum Gasteiger partial charge on any atom is 0.252 e. The summed E-state index contributed by atoms with van der Waals surface area (Å²) in [6.45, 7) is 3.48. The Morgan fingerprint density at radius 3 is 2.48 bits per heavy atom. The van der Waals surface area contributed by atoms with Gasteiger partial charge in [0.2, 0.25) is 0 Å². The second kappa shape index (κ2) is 9.17. The number of aromatic nitrogens is 5. The topological polar surface area (TPSA) is 114 Å². The first kappa shape index (κ1) is 20.2. The van der Waals surface area contributed by atoms with Crippen LogP contribution in [0.15, 0.2) is 66.9 Å². The molecule has 1 amide bonds. The molecular weight excluding hydrogens is 390 g/mol. The number of amides is 1. The van der Waals surface area contributed by atoms with Crippen molar-refractivity contribution in [1.82, 2.24) is 25.6 Å². The number of rotatable bonds is 8. The Morgan fingerprint density at radius 2 is 1.81 bits per heavy atom. The summed E-state index contributed by atoms with van der Waals surface area (Å²) in [6, 6.07) is 19.7. The maximum atomic E-state index is 11.9. The molecule has 0 aliphatic rings. The number of nitrogens with zero attached hydrogens (tertiary/aromatic N) is 5. The van der Waals surface area contributed by atoms with Crippen molar-refractivity contribution in [3.05, 3.63) is 78.0 Å². The number of benzene rings is 2. The van der Waals surface area contributed by atoms with Gasteiger partial charge in [-0.3, -0.25) is 4.79 Å². The molecule has 0 saturated heterocycles. The number of hydrogen-bond acceptors (Lipinski definition) is 6. The van der Waals surface area contributed by atoms with E-state index in [9.17, 15) is 4.79 Å². The number of pyridine rings is 1. The molecule has 8 heteroatoms. The molecule has 0 aliphatic heterocycles. The molecule has 8 nitrogen and oxygen atoms in total. The number of carbonyl (C=O) groups is 1. The molecule has 156 valence electrons. The molecule has 4 aromatic rings. The molecule has 3 N–H and O–H groups in total. The Hall–Kier alpha value is -4.07. The van der Waals surface area contributed by atoms with Crippen molar-refractivity contribution in [1.29, 1.82) is 0 Å². The minimum Gasteiger partial charge on any atom is -0.365 e. The van der Waals surface area contributed by atoms with Crippen molar-refractivity contribution < 1.29 is 4.79 Å². The number of aromatic amines is 1. The minimum atomic E-state index is -0.474. The highest BCUT2D eigenvalue weighted by Crippen LogP contribution is 2.30. The van der Waals surface area contributed by atoms with E-state index < -0.39 is 5.91 Å². The van der Waals surface area contributed by atoms with Gasteiger partial charge in [0.15, 0.2) is 5.82 Å². The van der Waals surface area contributed by atoms with E-state index in [1.807, 2.05) is 24.3 Å². The van der Waals surface area contributed by atoms with E-state index in [0.717, 1.165) is 35.2 Å². The number of H-pyrrole nitrogens is 1. The minimum absolute atomic E-state index is 0.433. The van der Waals surface area contributed by atoms with Gasteiger partial charge in [0.25, 0.3) is 5.91 Å². The van der Waals surface area contributed by atoms with Crippen LogP contribution in [0.1, 0.15) is 29.3 Å². The van der Waals surface area contributed by atoms with Crippen LogP contribution >= 0.6 is 0 Å². The molecule has 0 aliphatic carbocycles. The first-order chi connectivity index (χ1) is 15.2. The van der Waals surface area contributed by atoms with Crippen LogP contribution in [0.25, 0.3) is 22.5 Å². The van der Waals surface area contributed by atoms with E-state index in [0.29, 0.717) is 23.8 Å². The van der Waals surface area contributed by atoms with Crippen LogP contribution in [-0.2, 0) is 6.54 Å². The Kier molecular flexibility index (Phi) is 5.98. The van der Waals surface area contributed by atoms with Crippen LogP contribution in [0.4, 0.5) is 5.82 Å². The summed E-state index contributed by atoms with van der Waals surface area (Å²) in [6.07, 6.45) is 2.61. The van der Waals surface area contributed by atoms with Gasteiger partial charge in [0, 0.05) is 24.8 Å². The lowest BCUT2D eigenvalue weighted by Crippen LogP contribution is -2.27. The van der Waals surface area contributed by atoms with Crippen LogP contribution in [0.3, 0.4) is 0 Å². The third-order valence-corrected chi connectivity index (χ3v) is 5.01. The van der Waals surface area contributed by atoms with Gasteiger partial charge in [-0.2, -0.15) is 0 Å². The Bertz CT molecular complexity index is 1160. The highest BCUT2D eigenvalue weighted by molar-refractivity contribution is 5.97. The molecular formula is C23H23N7O. The van der Waals surface area contributed by atoms with Crippen molar-refractivity contribution in [2.24, 2.45) is 5.73 Å². The van der Waals surface area contributed by atoms with Crippen molar-refractivity contribution in [2.75, 3.05) is 11.4 Å². The number of nitrogens with one attached hydrogen (secondary N) is 1. The average Bonchev–Trinajstić information content (AvgIpc) is 3.34. The molecule has 2 aromatic heterocycles. The summed E-state index contributed by atoms with van der Waals surface area (Å²) in [7, 11) is 0. The van der Waals surface area contributed by atoms with Gasteiger partial charge in [-0.25, -0.2) is 10.1 Å². The van der Waals surface area contributed by atoms with Crippen molar-refractivity contribution in [2.45, 2.75) is 19.9 Å². The van der Waals surface area contributed by atoms with Gasteiger partial charge >= 0.3 is 0 Å². The SMILES string of the molecule is CCCN(Cc1ccc(-c2ccccc2-c2nnn[nH]2)cc1)c1ncccc1C(N)=O. The first-order valence-electron chi connectivity index (χ1n) is 10.1. The van der Waals surface area contributed by atoms with Crippen LogP contribution in [0.5, 0.6) is 0 Å². The van der Waals surface area contributed by atoms with Crippen molar-refractivity contribution in [3.8, 4) is 22.5 Å². The standard InChI is InChI=1S/C23H23N7O/c1-2-14-30(23-20(21(24)31)8-5-13-25-23)15-16-9-11-17(12-10-16)18-6-3-4-7-19(18)22-26-28-29-27-22/h3-13H,2,14-15H2,1H3,(H2,24,31)(H,26,27,28,29). The summed E-state index contributed by atoms with van der Waals surface area (Å²) >= 11 is 0. The fraction of sp³-hybridized carbons (Fsp3) is 0.174. The van der Waals surface area contributed by atoms with Gasteiger partial charge in [-0.15, -0.1) is 5.10 Å². The van der Waals surface area contributed by atoms with Crippen LogP contribution in [0, 0.1) is 0 Å². The summed E-state index contributed by atoms with van der Waals surface area (Å²) in [5, 5.41) is 14.2. The molecule has 0 spiro atoms. The molecule has 4 rings (SSSR count). The van der Waals surface area contributed by atoms with E-state index >= 15 is 0 Å². The monoisotopic (exact) mass is 413 g/mol. The van der Waals surface area contributed by atoms with Crippen LogP contribution in [-0.4, -0.2) is 38.1 Å². The zero-order chi connectivity index (χ0) is 21.6. The van der Waals surface area contributed by atoms with Gasteiger partial charge in [0.05, 0.1) is 5.56 Å². The molecule has 2 aromatic carbocycles. The molecule has 0 fully saturated rings. The van der Waals surface area contributed by atoms with E-state index in [4.69, 9.17) is 5.73 Å². The number of tetrazole rings is 1. The lowest BCUT2D eigenvalue weighted by molar-refractivity contribution is 0.100. The molecule has 0 saturated carbocycles.